The van der Waals surface area contributed by atoms with E-state index in [9.17, 15) is 9.18 Å². The molecule has 1 heterocycles. The van der Waals surface area contributed by atoms with Crippen molar-refractivity contribution in [1.29, 1.82) is 0 Å². The molecule has 0 radical (unpaired) electrons. The molecule has 0 fully saturated rings. The molecular formula is C11H8ClFN2OS. The van der Waals surface area contributed by atoms with E-state index >= 15 is 0 Å². The molecule has 0 aliphatic carbocycles. The van der Waals surface area contributed by atoms with Gasteiger partial charge in [-0.05, 0) is 12.1 Å². The molecule has 17 heavy (non-hydrogen) atoms. The maximum Gasteiger partial charge on any atom is 0.284 e. The second kappa shape index (κ2) is 4.81. The lowest BCUT2D eigenvalue weighted by atomic mass is 10.2. The highest BCUT2D eigenvalue weighted by atomic mass is 35.5. The zero-order valence-electron chi connectivity index (χ0n) is 8.85. The summed E-state index contributed by atoms with van der Waals surface area (Å²) < 4.78 is 15.1. The molecule has 0 saturated carbocycles. The summed E-state index contributed by atoms with van der Waals surface area (Å²) in [5.41, 5.74) is -0.192. The zero-order chi connectivity index (χ0) is 12.4. The molecule has 0 saturated heterocycles. The van der Waals surface area contributed by atoms with Crippen LogP contribution in [0.15, 0.2) is 34.8 Å². The van der Waals surface area contributed by atoms with Crippen LogP contribution in [0.3, 0.4) is 0 Å². The highest BCUT2D eigenvalue weighted by Crippen LogP contribution is 2.19. The number of carbonyl (C=O) groups excluding carboxylic acids is 1. The topological polar surface area (TPSA) is 34.4 Å². The summed E-state index contributed by atoms with van der Waals surface area (Å²) in [6.07, 6.45) is 1.76. The summed E-state index contributed by atoms with van der Waals surface area (Å²) in [7, 11) is 1.76. The minimum absolute atomic E-state index is 0.0676. The molecule has 0 N–H and O–H groups in total. The number of aryl methyl sites for hydroxylation is 1. The maximum absolute atomic E-state index is 13.5. The summed E-state index contributed by atoms with van der Waals surface area (Å²) >= 11 is 7.07. The van der Waals surface area contributed by atoms with Crippen molar-refractivity contribution in [2.75, 3.05) is 0 Å². The van der Waals surface area contributed by atoms with Crippen molar-refractivity contribution in [3.05, 3.63) is 51.0 Å². The van der Waals surface area contributed by atoms with Crippen molar-refractivity contribution in [2.24, 2.45) is 12.0 Å². The molecule has 0 atom stereocenters. The van der Waals surface area contributed by atoms with E-state index in [1.807, 2.05) is 0 Å². The van der Waals surface area contributed by atoms with E-state index in [1.165, 1.54) is 29.5 Å². The van der Waals surface area contributed by atoms with Crippen LogP contribution in [0.4, 0.5) is 4.39 Å². The monoisotopic (exact) mass is 270 g/mol. The third-order valence-electron chi connectivity index (χ3n) is 2.13. The van der Waals surface area contributed by atoms with E-state index in [2.05, 4.69) is 4.99 Å². The summed E-state index contributed by atoms with van der Waals surface area (Å²) in [5.74, 6) is -1.34. The highest BCUT2D eigenvalue weighted by molar-refractivity contribution is 7.07. The van der Waals surface area contributed by atoms with Crippen molar-refractivity contribution in [1.82, 2.24) is 4.57 Å². The molecule has 0 aliphatic heterocycles. The molecule has 1 aromatic carbocycles. The van der Waals surface area contributed by atoms with Gasteiger partial charge in [-0.2, -0.15) is 4.99 Å². The Morgan fingerprint density at radius 3 is 2.88 bits per heavy atom. The normalized spacial score (nSPS) is 11.8. The Bertz CT molecular complexity index is 612. The largest absolute Gasteiger partial charge is 0.327 e. The van der Waals surface area contributed by atoms with Gasteiger partial charge in [0.1, 0.15) is 5.82 Å². The Balaban J connectivity index is 2.50. The van der Waals surface area contributed by atoms with E-state index < -0.39 is 11.7 Å². The molecule has 0 aliphatic rings. The van der Waals surface area contributed by atoms with Gasteiger partial charge < -0.3 is 4.57 Å². The number of hydrogen-bond donors (Lipinski definition) is 0. The number of carbonyl (C=O) groups is 1. The quantitative estimate of drug-likeness (QED) is 0.784. The minimum atomic E-state index is -0.675. The molecule has 1 amide bonds. The predicted octanol–water partition coefficient (Wildman–Crippen LogP) is 2.62. The van der Waals surface area contributed by atoms with Crippen LogP contribution in [0.2, 0.25) is 5.02 Å². The number of rotatable bonds is 1. The van der Waals surface area contributed by atoms with Gasteiger partial charge in [-0.15, -0.1) is 11.3 Å². The Kier molecular flexibility index (Phi) is 3.40. The van der Waals surface area contributed by atoms with E-state index in [0.717, 1.165) is 0 Å². The van der Waals surface area contributed by atoms with Gasteiger partial charge in [0.15, 0.2) is 4.80 Å². The van der Waals surface area contributed by atoms with E-state index in [-0.39, 0.29) is 10.6 Å². The van der Waals surface area contributed by atoms with Gasteiger partial charge in [0.05, 0.1) is 10.6 Å². The number of thiazole rings is 1. The molecule has 3 nitrogen and oxygen atoms in total. The van der Waals surface area contributed by atoms with Gasteiger partial charge in [-0.3, -0.25) is 4.79 Å². The smallest absolute Gasteiger partial charge is 0.284 e. The Labute approximate surface area is 106 Å². The molecule has 2 aromatic rings. The molecule has 6 heteroatoms. The average molecular weight is 271 g/mol. The second-order valence-electron chi connectivity index (χ2n) is 3.31. The standard InChI is InChI=1S/C11H8ClFN2OS/c1-15-5-6-17-11(15)14-10(16)9-7(12)3-2-4-8(9)13/h2-6H,1H3. The first-order chi connectivity index (χ1) is 8.09. The van der Waals surface area contributed by atoms with Gasteiger partial charge in [-0.1, -0.05) is 17.7 Å². The third-order valence-corrected chi connectivity index (χ3v) is 3.30. The first-order valence-electron chi connectivity index (χ1n) is 4.73. The Morgan fingerprint density at radius 1 is 1.53 bits per heavy atom. The first kappa shape index (κ1) is 12.0. The van der Waals surface area contributed by atoms with Crippen molar-refractivity contribution in [2.45, 2.75) is 0 Å². The van der Waals surface area contributed by atoms with Crippen LogP contribution in [0, 0.1) is 5.82 Å². The van der Waals surface area contributed by atoms with Crippen LogP contribution in [0.5, 0.6) is 0 Å². The van der Waals surface area contributed by atoms with Crippen LogP contribution in [0.1, 0.15) is 10.4 Å². The molecule has 0 bridgehead atoms. The summed E-state index contributed by atoms with van der Waals surface area (Å²) in [4.78, 5) is 16.1. The lowest BCUT2D eigenvalue weighted by Gasteiger charge is -2.00. The fourth-order valence-corrected chi connectivity index (χ4v) is 2.25. The third kappa shape index (κ3) is 2.45. The predicted molar refractivity (Wildman–Crippen MR) is 64.6 cm³/mol. The Morgan fingerprint density at radius 2 is 2.29 bits per heavy atom. The van der Waals surface area contributed by atoms with E-state index in [0.29, 0.717) is 4.80 Å². The minimum Gasteiger partial charge on any atom is -0.327 e. The van der Waals surface area contributed by atoms with Crippen LogP contribution >= 0.6 is 22.9 Å². The van der Waals surface area contributed by atoms with Crippen LogP contribution in [-0.4, -0.2) is 10.5 Å². The van der Waals surface area contributed by atoms with Crippen LogP contribution in [-0.2, 0) is 7.05 Å². The van der Waals surface area contributed by atoms with E-state index in [4.69, 9.17) is 11.6 Å². The lowest BCUT2D eigenvalue weighted by molar-refractivity contribution is 0.0994. The Hall–Kier alpha value is -1.46. The van der Waals surface area contributed by atoms with Gasteiger partial charge in [0.2, 0.25) is 0 Å². The van der Waals surface area contributed by atoms with Crippen LogP contribution < -0.4 is 4.80 Å². The number of benzene rings is 1. The van der Waals surface area contributed by atoms with Gasteiger partial charge in [0.25, 0.3) is 5.91 Å². The molecule has 0 spiro atoms. The number of hydrogen-bond acceptors (Lipinski definition) is 2. The number of nitrogens with zero attached hydrogens (tertiary/aromatic N) is 2. The fourth-order valence-electron chi connectivity index (χ4n) is 1.28. The molecule has 1 aromatic heterocycles. The zero-order valence-corrected chi connectivity index (χ0v) is 10.4. The fraction of sp³-hybridized carbons (Fsp3) is 0.0909. The van der Waals surface area contributed by atoms with Crippen molar-refractivity contribution >= 4 is 28.8 Å². The van der Waals surface area contributed by atoms with Gasteiger partial charge in [0, 0.05) is 18.6 Å². The number of aromatic nitrogens is 1. The summed E-state index contributed by atoms with van der Waals surface area (Å²) in [6, 6.07) is 4.09. The first-order valence-corrected chi connectivity index (χ1v) is 5.98. The van der Waals surface area contributed by atoms with Crippen molar-refractivity contribution in [3.8, 4) is 0 Å². The SMILES string of the molecule is Cn1ccsc1=NC(=O)c1c(F)cccc1Cl. The molecular weight excluding hydrogens is 263 g/mol. The number of halogens is 2. The summed E-state index contributed by atoms with van der Waals surface area (Å²) in [5, 5.41) is 1.85. The number of amides is 1. The molecule has 88 valence electrons. The molecule has 0 unspecified atom stereocenters. The molecule has 2 rings (SSSR count). The average Bonchev–Trinajstić information content (AvgIpc) is 2.64. The lowest BCUT2D eigenvalue weighted by Crippen LogP contribution is -2.13. The highest BCUT2D eigenvalue weighted by Gasteiger charge is 2.14. The van der Waals surface area contributed by atoms with Crippen molar-refractivity contribution < 1.29 is 9.18 Å². The van der Waals surface area contributed by atoms with Crippen LogP contribution in [0.25, 0.3) is 0 Å². The van der Waals surface area contributed by atoms with Gasteiger partial charge >= 0.3 is 0 Å². The van der Waals surface area contributed by atoms with Crippen molar-refractivity contribution in [3.63, 3.8) is 0 Å². The van der Waals surface area contributed by atoms with Gasteiger partial charge in [-0.25, -0.2) is 4.39 Å². The summed E-state index contributed by atoms with van der Waals surface area (Å²) in [6.45, 7) is 0. The van der Waals surface area contributed by atoms with E-state index in [1.54, 1.807) is 23.2 Å². The maximum atomic E-state index is 13.5. The second-order valence-corrected chi connectivity index (χ2v) is 4.59.